The molecule has 18 atom stereocenters. The third-order valence-electron chi connectivity index (χ3n) is 11.7. The van der Waals surface area contributed by atoms with Gasteiger partial charge in [0.1, 0.15) is 18.1 Å². The van der Waals surface area contributed by atoms with Gasteiger partial charge < -0.3 is 80.9 Å². The number of rotatable bonds is 3. The second-order valence-corrected chi connectivity index (χ2v) is 17.1. The molecule has 3 aliphatic rings. The summed E-state index contributed by atoms with van der Waals surface area (Å²) >= 11 is 0. The van der Waals surface area contributed by atoms with Gasteiger partial charge in [-0.15, -0.1) is 0 Å². The van der Waals surface area contributed by atoms with Crippen LogP contribution in [0.4, 0.5) is 0 Å². The van der Waals surface area contributed by atoms with Crippen LogP contribution in [0.5, 0.6) is 0 Å². The first-order valence-electron chi connectivity index (χ1n) is 21.9. The standard InChI is InChI=1S/C46H71NO17/c1-27-16-14-12-10-8-6-4-5-7-9-11-13-15-17-33(63-45-43(57)41(47)37(54)26-61-45)23-38-40(44(58)59)36(53)25-46(60,64-38)24-32(50)21-35(52)34(51)19-18-30(48)20-31(49)22-39(55)62-29(3)28(2)42(27)56/h4-17,27-38,40-43,45,48-54,56-57,60H,18-26,47H2,1-3H3,(H,58,59)/b5-4+,8-6+,9-7+,12-10+,13-11+,16-14+,17-15+/t27-,28-,29-,30+,31?,32?,33-,34?,35+,36-,37+,38-,40+,41-,42+,43-,45-,46?/m0/s1. The number of carbonyl (C=O) groups is 2. The Balaban J connectivity index is 1.84. The first-order chi connectivity index (χ1) is 30.2. The molecule has 4 unspecified atom stereocenters. The van der Waals surface area contributed by atoms with Crippen molar-refractivity contribution >= 4 is 11.9 Å². The topological polar surface area (TPSA) is 320 Å². The van der Waals surface area contributed by atoms with E-state index in [0.717, 1.165) is 0 Å². The number of allylic oxidation sites excluding steroid dienone is 12. The van der Waals surface area contributed by atoms with E-state index in [1.807, 2.05) is 19.1 Å². The van der Waals surface area contributed by atoms with Gasteiger partial charge in [-0.1, -0.05) is 98.9 Å². The number of nitrogens with two attached hydrogens (primary N) is 1. The summed E-state index contributed by atoms with van der Waals surface area (Å²) in [5, 5.41) is 118. The van der Waals surface area contributed by atoms with Crippen molar-refractivity contribution in [3.63, 3.8) is 0 Å². The molecule has 64 heavy (non-hydrogen) atoms. The largest absolute Gasteiger partial charge is 0.481 e. The summed E-state index contributed by atoms with van der Waals surface area (Å²) in [6.07, 6.45) is 4.41. The maximum absolute atomic E-state index is 12.6. The van der Waals surface area contributed by atoms with Gasteiger partial charge >= 0.3 is 11.9 Å². The van der Waals surface area contributed by atoms with E-state index in [9.17, 15) is 65.8 Å². The summed E-state index contributed by atoms with van der Waals surface area (Å²) in [7, 11) is 0. The molecule has 18 nitrogen and oxygen atoms in total. The lowest BCUT2D eigenvalue weighted by molar-refractivity contribution is -0.305. The Labute approximate surface area is 374 Å². The van der Waals surface area contributed by atoms with E-state index in [1.54, 1.807) is 80.7 Å². The third kappa shape index (κ3) is 18.4. The Morgan fingerprint density at radius 1 is 0.688 bits per heavy atom. The van der Waals surface area contributed by atoms with Crippen molar-refractivity contribution in [3.8, 4) is 0 Å². The smallest absolute Gasteiger partial charge is 0.311 e. The number of fused-ring (bicyclic) bond motifs is 2. The number of esters is 1. The molecule has 0 saturated carbocycles. The van der Waals surface area contributed by atoms with Gasteiger partial charge in [0, 0.05) is 37.5 Å². The molecule has 13 N–H and O–H groups in total. The SMILES string of the molecule is C[C@@H]1[C@H](O)[C@@H](C)/C=C/C=C/C=C/C=C/C=C/C=C/C=C/[C@H](O[C@@H]2OC[C@@H](O)[C@H](N)[C@@H]2O)C[C@@H]2OC(O)(CC(O)C[C@@H](O)C(O)CC[C@@H](O)CC(O)CC(=O)O[C@H]1C)C[C@H](O)[C@H]2C(=O)O. The van der Waals surface area contributed by atoms with Crippen molar-refractivity contribution in [2.45, 2.75) is 164 Å². The Bertz CT molecular complexity index is 1630. The molecule has 3 aliphatic heterocycles. The fraction of sp³-hybridized carbons (Fsp3) is 0.652. The quantitative estimate of drug-likeness (QED) is 0.170. The minimum Gasteiger partial charge on any atom is -0.481 e. The molecule has 0 amide bonds. The van der Waals surface area contributed by atoms with Crippen LogP contribution in [0.15, 0.2) is 85.1 Å². The molecule has 0 radical (unpaired) electrons. The van der Waals surface area contributed by atoms with Crippen LogP contribution >= 0.6 is 0 Å². The van der Waals surface area contributed by atoms with Crippen LogP contribution in [0.3, 0.4) is 0 Å². The summed E-state index contributed by atoms with van der Waals surface area (Å²) in [4.78, 5) is 25.0. The van der Waals surface area contributed by atoms with Gasteiger partial charge in [-0.05, 0) is 26.2 Å². The Kier molecular flexibility index (Phi) is 23.4. The molecule has 3 rings (SSSR count). The maximum Gasteiger partial charge on any atom is 0.311 e. The molecule has 18 heteroatoms. The number of carboxylic acids is 1. The number of cyclic esters (lactones) is 1. The molecular formula is C46H71NO17. The first kappa shape index (κ1) is 54.9. The van der Waals surface area contributed by atoms with E-state index < -0.39 is 141 Å². The van der Waals surface area contributed by atoms with Crippen molar-refractivity contribution in [2.24, 2.45) is 23.5 Å². The van der Waals surface area contributed by atoms with E-state index >= 15 is 0 Å². The molecule has 3 heterocycles. The van der Waals surface area contributed by atoms with E-state index in [0.29, 0.717) is 0 Å². The molecule has 2 saturated heterocycles. The lowest BCUT2D eigenvalue weighted by Crippen LogP contribution is -2.59. The highest BCUT2D eigenvalue weighted by Gasteiger charge is 2.50. The summed E-state index contributed by atoms with van der Waals surface area (Å²) in [6.45, 7) is 4.95. The predicted octanol–water partition coefficient (Wildman–Crippen LogP) is 0.323. The van der Waals surface area contributed by atoms with Gasteiger partial charge in [-0.25, -0.2) is 0 Å². The molecule has 0 aromatic carbocycles. The van der Waals surface area contributed by atoms with Gasteiger partial charge in [0.2, 0.25) is 0 Å². The van der Waals surface area contributed by atoms with Crippen LogP contribution in [-0.4, -0.2) is 166 Å². The van der Waals surface area contributed by atoms with Gasteiger partial charge in [0.15, 0.2) is 12.1 Å². The number of carboxylic acid groups (broad SMARTS) is 1. The Morgan fingerprint density at radius 3 is 1.86 bits per heavy atom. The number of hydrogen-bond acceptors (Lipinski definition) is 17. The number of aliphatic hydroxyl groups excluding tert-OH is 9. The van der Waals surface area contributed by atoms with E-state index in [-0.39, 0.29) is 38.2 Å². The zero-order valence-corrected chi connectivity index (χ0v) is 36.7. The van der Waals surface area contributed by atoms with Crippen LogP contribution in [-0.2, 0) is 28.5 Å². The Hall–Kier alpha value is -3.44. The van der Waals surface area contributed by atoms with Crippen LogP contribution in [0.1, 0.15) is 72.1 Å². The molecule has 362 valence electrons. The molecule has 0 aromatic rings. The Morgan fingerprint density at radius 2 is 1.27 bits per heavy atom. The van der Waals surface area contributed by atoms with Crippen molar-refractivity contribution in [1.29, 1.82) is 0 Å². The van der Waals surface area contributed by atoms with Crippen LogP contribution < -0.4 is 5.73 Å². The van der Waals surface area contributed by atoms with Crippen molar-refractivity contribution in [1.82, 2.24) is 0 Å². The minimum atomic E-state index is -2.32. The molecule has 0 spiro atoms. The summed E-state index contributed by atoms with van der Waals surface area (Å²) in [5.41, 5.74) is 5.93. The number of hydrogen-bond donors (Lipinski definition) is 12. The number of aliphatic hydroxyl groups is 10. The average Bonchev–Trinajstić information content (AvgIpc) is 3.21. The highest BCUT2D eigenvalue weighted by molar-refractivity contribution is 5.71. The second kappa shape index (κ2) is 27.3. The van der Waals surface area contributed by atoms with Gasteiger partial charge in [0.05, 0.1) is 80.1 Å². The molecule has 2 bridgehead atoms. The van der Waals surface area contributed by atoms with Gasteiger partial charge in [-0.2, -0.15) is 0 Å². The summed E-state index contributed by atoms with van der Waals surface area (Å²) < 4.78 is 22.8. The van der Waals surface area contributed by atoms with Crippen molar-refractivity contribution in [2.75, 3.05) is 6.61 Å². The highest BCUT2D eigenvalue weighted by atomic mass is 16.7. The third-order valence-corrected chi connectivity index (χ3v) is 11.7. The average molecular weight is 910 g/mol. The van der Waals surface area contributed by atoms with Crippen LogP contribution in [0.2, 0.25) is 0 Å². The number of carbonyl (C=O) groups excluding carboxylic acids is 1. The highest BCUT2D eigenvalue weighted by Crippen LogP contribution is 2.38. The first-order valence-corrected chi connectivity index (χ1v) is 21.9. The predicted molar refractivity (Wildman–Crippen MR) is 232 cm³/mol. The van der Waals surface area contributed by atoms with Crippen LogP contribution in [0, 0.1) is 17.8 Å². The molecule has 0 aromatic heterocycles. The van der Waals surface area contributed by atoms with Crippen molar-refractivity contribution in [3.05, 3.63) is 85.1 Å². The molecule has 2 fully saturated rings. The van der Waals surface area contributed by atoms with E-state index in [2.05, 4.69) is 0 Å². The number of aliphatic carboxylic acids is 1. The summed E-state index contributed by atoms with van der Waals surface area (Å²) in [5.74, 6) is -6.81. The lowest BCUT2D eigenvalue weighted by Gasteiger charge is -2.45. The fourth-order valence-corrected chi connectivity index (χ4v) is 7.72. The maximum atomic E-state index is 12.6. The zero-order chi connectivity index (χ0) is 47.6. The van der Waals surface area contributed by atoms with E-state index in [4.69, 9.17) is 24.7 Å². The zero-order valence-electron chi connectivity index (χ0n) is 36.7. The van der Waals surface area contributed by atoms with Gasteiger partial charge in [0.25, 0.3) is 0 Å². The molecule has 0 aliphatic carbocycles. The van der Waals surface area contributed by atoms with Crippen LogP contribution in [0.25, 0.3) is 0 Å². The molecular weight excluding hydrogens is 838 g/mol. The van der Waals surface area contributed by atoms with Gasteiger partial charge in [-0.3, -0.25) is 9.59 Å². The number of ether oxygens (including phenoxy) is 4. The fourth-order valence-electron chi connectivity index (χ4n) is 7.72. The normalized spacial score (nSPS) is 44.8. The monoisotopic (exact) mass is 909 g/mol. The minimum absolute atomic E-state index is 0.106. The second-order valence-electron chi connectivity index (χ2n) is 17.1. The lowest BCUT2D eigenvalue weighted by atomic mass is 9.82. The van der Waals surface area contributed by atoms with Crippen molar-refractivity contribution < 1.29 is 84.7 Å². The summed E-state index contributed by atoms with van der Waals surface area (Å²) in [6, 6.07) is -1.13. The van der Waals surface area contributed by atoms with E-state index in [1.165, 1.54) is 6.08 Å².